The van der Waals surface area contributed by atoms with E-state index in [2.05, 4.69) is 10.2 Å². The van der Waals surface area contributed by atoms with Crippen LogP contribution in [-0.2, 0) is 11.3 Å². The minimum atomic E-state index is -0.655. The Bertz CT molecular complexity index is 1160. The van der Waals surface area contributed by atoms with Gasteiger partial charge in [-0.3, -0.25) is 14.4 Å². The van der Waals surface area contributed by atoms with Crippen molar-refractivity contribution in [3.05, 3.63) is 75.7 Å². The van der Waals surface area contributed by atoms with E-state index in [1.54, 1.807) is 45.9 Å². The molecule has 2 N–H and O–H groups in total. The van der Waals surface area contributed by atoms with Crippen molar-refractivity contribution < 1.29 is 14.7 Å². The molecule has 1 fully saturated rings. The summed E-state index contributed by atoms with van der Waals surface area (Å²) in [6, 6.07) is 11.4. The van der Waals surface area contributed by atoms with E-state index in [1.807, 2.05) is 39.2 Å². The van der Waals surface area contributed by atoms with Crippen LogP contribution in [0.15, 0.2) is 53.3 Å². The number of aliphatic hydroxyl groups excluding tert-OH is 1. The molecular weight excluding hydrogens is 444 g/mol. The lowest BCUT2D eigenvalue weighted by atomic mass is 9.86. The fourth-order valence-corrected chi connectivity index (χ4v) is 5.46. The molecule has 186 valence electrons. The molecule has 0 unspecified atom stereocenters. The second-order valence-corrected chi connectivity index (χ2v) is 9.54. The minimum Gasteiger partial charge on any atom is -0.396 e. The SMILES string of the molecule is C/C=C\c1ccc2n(c1=O)C[C@H]1[C@H](CO)[C@@H](C(=O)NCCCN(C)C)[C@@H]2N1C(=O)c1ccccc1. The van der Waals surface area contributed by atoms with Crippen molar-refractivity contribution in [1.29, 1.82) is 0 Å². The maximum atomic E-state index is 13.7. The Morgan fingerprint density at radius 3 is 2.57 bits per heavy atom. The van der Waals surface area contributed by atoms with Gasteiger partial charge in [0.25, 0.3) is 11.5 Å². The molecule has 8 nitrogen and oxygen atoms in total. The highest BCUT2D eigenvalue weighted by atomic mass is 16.3. The number of nitrogens with zero attached hydrogens (tertiary/aromatic N) is 3. The number of carbonyl (C=O) groups excluding carboxylic acids is 2. The first-order valence-corrected chi connectivity index (χ1v) is 12.2. The number of rotatable bonds is 8. The second kappa shape index (κ2) is 10.6. The van der Waals surface area contributed by atoms with Gasteiger partial charge in [-0.15, -0.1) is 0 Å². The van der Waals surface area contributed by atoms with Crippen molar-refractivity contribution in [1.82, 2.24) is 19.7 Å². The van der Waals surface area contributed by atoms with Crippen LogP contribution >= 0.6 is 0 Å². The van der Waals surface area contributed by atoms with Gasteiger partial charge in [0.2, 0.25) is 5.91 Å². The Balaban J connectivity index is 1.76. The smallest absolute Gasteiger partial charge is 0.258 e. The number of carbonyl (C=O) groups is 2. The molecule has 2 aliphatic rings. The summed E-state index contributed by atoms with van der Waals surface area (Å²) >= 11 is 0. The summed E-state index contributed by atoms with van der Waals surface area (Å²) in [7, 11) is 3.96. The number of hydrogen-bond acceptors (Lipinski definition) is 5. The van der Waals surface area contributed by atoms with Crippen LogP contribution in [0.2, 0.25) is 0 Å². The Labute approximate surface area is 205 Å². The Morgan fingerprint density at radius 2 is 1.91 bits per heavy atom. The summed E-state index contributed by atoms with van der Waals surface area (Å²) < 4.78 is 1.68. The standard InChI is InChI=1S/C27H34N4O4/c1-4-9-18-12-13-21-24-23(25(33)28-14-8-15-29(2)3)20(17-32)22(16-30(21)26(18)34)31(24)27(35)19-10-6-5-7-11-19/h4-7,9-13,20,22-24,32H,8,14-17H2,1-3H3,(H,28,33)/b9-4-/t20-,22-,23+,24+/m0/s1. The van der Waals surface area contributed by atoms with Gasteiger partial charge in [0.15, 0.2) is 0 Å². The predicted octanol–water partition coefficient (Wildman–Crippen LogP) is 1.75. The van der Waals surface area contributed by atoms with Gasteiger partial charge in [0, 0.05) is 42.4 Å². The Morgan fingerprint density at radius 1 is 1.17 bits per heavy atom. The zero-order valence-corrected chi connectivity index (χ0v) is 20.6. The molecule has 0 spiro atoms. The number of benzene rings is 1. The molecule has 2 bridgehead atoms. The molecule has 1 saturated heterocycles. The highest BCUT2D eigenvalue weighted by Gasteiger charge is 2.57. The van der Waals surface area contributed by atoms with Crippen molar-refractivity contribution in [2.24, 2.45) is 11.8 Å². The largest absolute Gasteiger partial charge is 0.396 e. The van der Waals surface area contributed by atoms with Crippen LogP contribution in [-0.4, -0.2) is 71.1 Å². The van der Waals surface area contributed by atoms with E-state index in [9.17, 15) is 19.5 Å². The highest BCUT2D eigenvalue weighted by molar-refractivity contribution is 5.96. The lowest BCUT2D eigenvalue weighted by Crippen LogP contribution is -2.49. The van der Waals surface area contributed by atoms with Gasteiger partial charge >= 0.3 is 0 Å². The Kier molecular flexibility index (Phi) is 7.52. The molecule has 8 heteroatoms. The third-order valence-corrected chi connectivity index (χ3v) is 7.06. The van der Waals surface area contributed by atoms with E-state index >= 15 is 0 Å². The Hall–Kier alpha value is -3.23. The molecule has 3 heterocycles. The number of amides is 2. The van der Waals surface area contributed by atoms with Crippen LogP contribution in [0.25, 0.3) is 6.08 Å². The van der Waals surface area contributed by atoms with Crippen molar-refractivity contribution in [2.75, 3.05) is 33.8 Å². The number of aliphatic hydroxyl groups is 1. The zero-order valence-electron chi connectivity index (χ0n) is 20.6. The molecule has 1 aromatic heterocycles. The van der Waals surface area contributed by atoms with Gasteiger partial charge in [0.05, 0.1) is 18.0 Å². The summed E-state index contributed by atoms with van der Waals surface area (Å²) in [5.74, 6) is -1.53. The number of nitrogens with one attached hydrogen (secondary N) is 1. The number of aromatic nitrogens is 1. The summed E-state index contributed by atoms with van der Waals surface area (Å²) in [4.78, 5) is 44.2. The van der Waals surface area contributed by atoms with Crippen LogP contribution < -0.4 is 10.9 Å². The van der Waals surface area contributed by atoms with Crippen molar-refractivity contribution in [3.63, 3.8) is 0 Å². The lowest BCUT2D eigenvalue weighted by Gasteiger charge is -2.38. The monoisotopic (exact) mass is 478 g/mol. The van der Waals surface area contributed by atoms with Crippen LogP contribution in [0.1, 0.15) is 41.0 Å². The van der Waals surface area contributed by atoms with Crippen LogP contribution in [0.5, 0.6) is 0 Å². The predicted molar refractivity (Wildman–Crippen MR) is 135 cm³/mol. The molecule has 2 amide bonds. The molecule has 2 aliphatic heterocycles. The van der Waals surface area contributed by atoms with Crippen LogP contribution in [0.4, 0.5) is 0 Å². The quantitative estimate of drug-likeness (QED) is 0.564. The van der Waals surface area contributed by atoms with E-state index in [1.165, 1.54) is 0 Å². The summed E-state index contributed by atoms with van der Waals surface area (Å²) in [6.07, 6.45) is 4.36. The van der Waals surface area contributed by atoms with Crippen LogP contribution in [0, 0.1) is 11.8 Å². The number of hydrogen-bond donors (Lipinski definition) is 2. The molecule has 35 heavy (non-hydrogen) atoms. The fraction of sp³-hybridized carbons (Fsp3) is 0.444. The van der Waals surface area contributed by atoms with E-state index in [0.29, 0.717) is 23.4 Å². The molecule has 4 rings (SSSR count). The number of allylic oxidation sites excluding steroid dienone is 1. The van der Waals surface area contributed by atoms with Crippen molar-refractivity contribution >= 4 is 17.9 Å². The van der Waals surface area contributed by atoms with Crippen LogP contribution in [0.3, 0.4) is 0 Å². The minimum absolute atomic E-state index is 0.147. The molecule has 0 radical (unpaired) electrons. The molecule has 4 atom stereocenters. The van der Waals surface area contributed by atoms with Crippen molar-refractivity contribution in [3.8, 4) is 0 Å². The molecule has 0 saturated carbocycles. The topological polar surface area (TPSA) is 94.9 Å². The number of fused-ring (bicyclic) bond motifs is 4. The first kappa shape index (κ1) is 24.9. The normalized spacial score (nSPS) is 23.1. The second-order valence-electron chi connectivity index (χ2n) is 9.54. The van der Waals surface area contributed by atoms with Gasteiger partial charge in [-0.25, -0.2) is 0 Å². The average Bonchev–Trinajstić information content (AvgIpc) is 3.10. The van der Waals surface area contributed by atoms with Gasteiger partial charge in [-0.05, 0) is 58.3 Å². The van der Waals surface area contributed by atoms with Gasteiger partial charge in [0.1, 0.15) is 0 Å². The zero-order chi connectivity index (χ0) is 25.1. The molecule has 1 aromatic carbocycles. The first-order chi connectivity index (χ1) is 16.9. The molecular formula is C27H34N4O4. The summed E-state index contributed by atoms with van der Waals surface area (Å²) in [5.41, 5.74) is 1.57. The third kappa shape index (κ3) is 4.68. The highest BCUT2D eigenvalue weighted by Crippen LogP contribution is 2.48. The summed E-state index contributed by atoms with van der Waals surface area (Å²) in [5, 5.41) is 13.4. The van der Waals surface area contributed by atoms with E-state index in [-0.39, 0.29) is 30.5 Å². The van der Waals surface area contributed by atoms with Gasteiger partial charge in [-0.2, -0.15) is 0 Å². The van der Waals surface area contributed by atoms with Gasteiger partial charge < -0.3 is 24.8 Å². The molecule has 0 aliphatic carbocycles. The van der Waals surface area contributed by atoms with Gasteiger partial charge in [-0.1, -0.05) is 30.4 Å². The fourth-order valence-electron chi connectivity index (χ4n) is 5.46. The lowest BCUT2D eigenvalue weighted by molar-refractivity contribution is -0.127. The van der Waals surface area contributed by atoms with E-state index < -0.39 is 23.9 Å². The maximum Gasteiger partial charge on any atom is 0.258 e. The third-order valence-electron chi connectivity index (χ3n) is 7.06. The average molecular weight is 479 g/mol. The maximum absolute atomic E-state index is 13.7. The van der Waals surface area contributed by atoms with E-state index in [4.69, 9.17) is 0 Å². The molecule has 2 aromatic rings. The number of pyridine rings is 1. The summed E-state index contributed by atoms with van der Waals surface area (Å²) in [6.45, 7) is 3.18. The first-order valence-electron chi connectivity index (χ1n) is 12.2. The van der Waals surface area contributed by atoms with Crippen molar-refractivity contribution in [2.45, 2.75) is 32.0 Å². The van der Waals surface area contributed by atoms with E-state index in [0.717, 1.165) is 13.0 Å².